The largest absolute Gasteiger partial charge is 0.455 e. The van der Waals surface area contributed by atoms with Gasteiger partial charge in [-0.2, -0.15) is 0 Å². The van der Waals surface area contributed by atoms with E-state index in [0.717, 1.165) is 50.1 Å². The lowest BCUT2D eigenvalue weighted by Gasteiger charge is -2.27. The van der Waals surface area contributed by atoms with Crippen molar-refractivity contribution in [1.29, 1.82) is 0 Å². The molecule has 10 rings (SSSR count). The van der Waals surface area contributed by atoms with Crippen molar-refractivity contribution in [2.45, 2.75) is 20.8 Å². The Labute approximate surface area is 334 Å². The lowest BCUT2D eigenvalue weighted by atomic mass is 9.93. The number of hydrogen-bond acceptors (Lipinski definition) is 2. The molecule has 1 heterocycles. The van der Waals surface area contributed by atoms with Gasteiger partial charge in [0.05, 0.1) is 5.69 Å². The molecule has 0 spiro atoms. The Balaban J connectivity index is 0.000000548. The van der Waals surface area contributed by atoms with Crippen LogP contribution in [0, 0.1) is 20.8 Å². The summed E-state index contributed by atoms with van der Waals surface area (Å²) in [6, 6.07) is 73.4. The molecule has 10 aromatic rings. The van der Waals surface area contributed by atoms with Crippen LogP contribution in [0.2, 0.25) is 0 Å². The Morgan fingerprint density at radius 3 is 1.67 bits per heavy atom. The maximum absolute atomic E-state index is 6.38. The van der Waals surface area contributed by atoms with E-state index in [-0.39, 0.29) is 0 Å². The van der Waals surface area contributed by atoms with Gasteiger partial charge in [-0.1, -0.05) is 169 Å². The smallest absolute Gasteiger partial charge is 0.143 e. The summed E-state index contributed by atoms with van der Waals surface area (Å²) in [4.78, 5) is 2.37. The quantitative estimate of drug-likeness (QED) is 0.169. The van der Waals surface area contributed by atoms with Crippen LogP contribution in [0.1, 0.15) is 16.7 Å². The lowest BCUT2D eigenvalue weighted by molar-refractivity contribution is 0.670. The van der Waals surface area contributed by atoms with E-state index in [0.29, 0.717) is 0 Å². The van der Waals surface area contributed by atoms with Crippen LogP contribution in [-0.2, 0) is 0 Å². The van der Waals surface area contributed by atoms with Crippen LogP contribution in [0.4, 0.5) is 17.1 Å². The number of fused-ring (bicyclic) bond motifs is 4. The van der Waals surface area contributed by atoms with Crippen LogP contribution in [0.3, 0.4) is 0 Å². The molecule has 2 heteroatoms. The number of rotatable bonds is 6. The van der Waals surface area contributed by atoms with Crippen LogP contribution >= 0.6 is 0 Å². The summed E-state index contributed by atoms with van der Waals surface area (Å²) in [5.41, 5.74) is 16.2. The van der Waals surface area contributed by atoms with Crippen molar-refractivity contribution < 1.29 is 4.42 Å². The summed E-state index contributed by atoms with van der Waals surface area (Å²) in [6.45, 7) is 6.46. The van der Waals surface area contributed by atoms with Gasteiger partial charge in [-0.3, -0.25) is 0 Å². The fourth-order valence-electron chi connectivity index (χ4n) is 7.90. The second-order valence-electron chi connectivity index (χ2n) is 14.7. The molecule has 0 aliphatic heterocycles. The second-order valence-corrected chi connectivity index (χ2v) is 14.7. The molecule has 0 amide bonds. The third-order valence-electron chi connectivity index (χ3n) is 10.9. The van der Waals surface area contributed by atoms with Crippen molar-refractivity contribution in [3.05, 3.63) is 223 Å². The Hall–Kier alpha value is -7.16. The zero-order valence-electron chi connectivity index (χ0n) is 32.5. The van der Waals surface area contributed by atoms with Crippen molar-refractivity contribution in [3.8, 4) is 33.4 Å². The highest BCUT2D eigenvalue weighted by Gasteiger charge is 2.17. The van der Waals surface area contributed by atoms with E-state index in [2.05, 4.69) is 202 Å². The molecule has 274 valence electrons. The zero-order chi connectivity index (χ0) is 38.7. The van der Waals surface area contributed by atoms with Crippen molar-refractivity contribution in [2.24, 2.45) is 0 Å². The summed E-state index contributed by atoms with van der Waals surface area (Å²) in [5.74, 6) is 0. The van der Waals surface area contributed by atoms with Crippen LogP contribution in [0.15, 0.2) is 211 Å². The van der Waals surface area contributed by atoms with Crippen molar-refractivity contribution in [3.63, 3.8) is 0 Å². The van der Waals surface area contributed by atoms with Crippen LogP contribution < -0.4 is 4.90 Å². The number of anilines is 3. The molecule has 0 saturated heterocycles. The number of aryl methyl sites for hydroxylation is 3. The maximum atomic E-state index is 6.38. The van der Waals surface area contributed by atoms with E-state index >= 15 is 0 Å². The highest BCUT2D eigenvalue weighted by Crippen LogP contribution is 2.42. The van der Waals surface area contributed by atoms with Gasteiger partial charge in [0.15, 0.2) is 0 Å². The molecule has 0 saturated carbocycles. The van der Waals surface area contributed by atoms with E-state index < -0.39 is 0 Å². The number of nitrogens with zero attached hydrogens (tertiary/aromatic N) is 1. The zero-order valence-corrected chi connectivity index (χ0v) is 32.5. The molecule has 0 bridgehead atoms. The Morgan fingerprint density at radius 2 is 0.930 bits per heavy atom. The predicted molar refractivity (Wildman–Crippen MR) is 243 cm³/mol. The predicted octanol–water partition coefficient (Wildman–Crippen LogP) is 15.8. The molecule has 0 unspecified atom stereocenters. The highest BCUT2D eigenvalue weighted by atomic mass is 16.3. The first-order valence-electron chi connectivity index (χ1n) is 19.6. The molecular weight excluding hydrogens is 691 g/mol. The van der Waals surface area contributed by atoms with E-state index in [9.17, 15) is 0 Å². The number of hydrogen-bond donors (Lipinski definition) is 0. The van der Waals surface area contributed by atoms with Gasteiger partial charge >= 0.3 is 0 Å². The molecular formula is C55H43NO. The molecule has 57 heavy (non-hydrogen) atoms. The van der Waals surface area contributed by atoms with Crippen molar-refractivity contribution in [2.75, 3.05) is 4.90 Å². The fourth-order valence-corrected chi connectivity index (χ4v) is 7.90. The van der Waals surface area contributed by atoms with Crippen LogP contribution in [0.25, 0.3) is 66.1 Å². The summed E-state index contributed by atoms with van der Waals surface area (Å²) in [5, 5.41) is 4.70. The highest BCUT2D eigenvalue weighted by molar-refractivity contribution is 6.09. The Morgan fingerprint density at radius 1 is 0.368 bits per heavy atom. The minimum absolute atomic E-state index is 0.911. The van der Waals surface area contributed by atoms with Gasteiger partial charge in [0, 0.05) is 33.1 Å². The first kappa shape index (κ1) is 35.5. The average molecular weight is 734 g/mol. The van der Waals surface area contributed by atoms with Gasteiger partial charge in [0.25, 0.3) is 0 Å². The van der Waals surface area contributed by atoms with Gasteiger partial charge in [-0.15, -0.1) is 0 Å². The summed E-state index contributed by atoms with van der Waals surface area (Å²) >= 11 is 0. The second kappa shape index (κ2) is 15.5. The Bertz CT molecular complexity index is 2970. The van der Waals surface area contributed by atoms with E-state index in [1.165, 1.54) is 49.7 Å². The third-order valence-corrected chi connectivity index (χ3v) is 10.9. The van der Waals surface area contributed by atoms with Gasteiger partial charge in [0.1, 0.15) is 11.2 Å². The molecule has 0 radical (unpaired) electrons. The molecule has 1 aromatic heterocycles. The SMILES string of the molecule is Cc1ccccc1.Cc1ccccc1-c1cc(-c2ccc(N(c3ccc(-c4cccc5c4oc4ccccc45)cc3)c3cccc4ccccc34)cc2)ccc1C. The van der Waals surface area contributed by atoms with Gasteiger partial charge in [0.2, 0.25) is 0 Å². The molecule has 0 aliphatic rings. The normalized spacial score (nSPS) is 11.1. The summed E-state index contributed by atoms with van der Waals surface area (Å²) in [6.07, 6.45) is 0. The standard InChI is InChI=1S/C48H35NO.C7H8/c1-32-11-3-5-14-40(32)45-31-37(22-21-33(45)2)34-23-27-38(28-24-34)49(46-19-9-13-35-12-4-6-15-41(35)46)39-29-25-36(26-30-39)42-17-10-18-44-43-16-7-8-20-47(43)50-48(42)44;1-7-5-3-2-4-6-7/h3-31H,1-2H3;2-6H,1H3. The Kier molecular flexibility index (Phi) is 9.68. The van der Waals surface area contributed by atoms with Crippen LogP contribution in [-0.4, -0.2) is 0 Å². The minimum atomic E-state index is 0.911. The van der Waals surface area contributed by atoms with E-state index in [4.69, 9.17) is 4.42 Å². The third kappa shape index (κ3) is 7.10. The molecule has 0 atom stereocenters. The fraction of sp³-hybridized carbons (Fsp3) is 0.0545. The van der Waals surface area contributed by atoms with Gasteiger partial charge in [-0.05, 0) is 108 Å². The molecule has 2 nitrogen and oxygen atoms in total. The van der Waals surface area contributed by atoms with Gasteiger partial charge in [-0.25, -0.2) is 0 Å². The number of furan rings is 1. The monoisotopic (exact) mass is 733 g/mol. The average Bonchev–Trinajstić information content (AvgIpc) is 3.65. The first-order chi connectivity index (χ1) is 28.0. The molecule has 0 N–H and O–H groups in total. The number of para-hydroxylation sites is 2. The van der Waals surface area contributed by atoms with E-state index in [1.54, 1.807) is 0 Å². The van der Waals surface area contributed by atoms with Crippen molar-refractivity contribution >= 4 is 49.8 Å². The van der Waals surface area contributed by atoms with E-state index in [1.807, 2.05) is 30.3 Å². The summed E-state index contributed by atoms with van der Waals surface area (Å²) in [7, 11) is 0. The molecule has 0 aliphatic carbocycles. The number of benzene rings is 9. The maximum Gasteiger partial charge on any atom is 0.143 e. The molecule has 0 fully saturated rings. The van der Waals surface area contributed by atoms with Crippen molar-refractivity contribution in [1.82, 2.24) is 0 Å². The topological polar surface area (TPSA) is 16.4 Å². The molecule has 9 aromatic carbocycles. The van der Waals surface area contributed by atoms with Gasteiger partial charge < -0.3 is 9.32 Å². The summed E-state index contributed by atoms with van der Waals surface area (Å²) < 4.78 is 6.38. The van der Waals surface area contributed by atoms with Crippen LogP contribution in [0.5, 0.6) is 0 Å². The lowest BCUT2D eigenvalue weighted by Crippen LogP contribution is -2.10. The minimum Gasteiger partial charge on any atom is -0.455 e. The first-order valence-corrected chi connectivity index (χ1v) is 19.6.